The van der Waals surface area contributed by atoms with Crippen LogP contribution in [-0.2, 0) is 11.3 Å². The van der Waals surface area contributed by atoms with Crippen LogP contribution in [-0.4, -0.2) is 27.6 Å². The predicted octanol–water partition coefficient (Wildman–Crippen LogP) is 4.38. The van der Waals surface area contributed by atoms with Crippen LogP contribution in [0.5, 0.6) is 0 Å². The lowest BCUT2D eigenvalue weighted by Gasteiger charge is -2.28. The number of nitrogens with zero attached hydrogens (tertiary/aromatic N) is 2. The van der Waals surface area contributed by atoms with Gasteiger partial charge in [0, 0.05) is 5.39 Å². The molecule has 4 aromatic rings. The van der Waals surface area contributed by atoms with Gasteiger partial charge < -0.3 is 11.1 Å². The molecule has 0 radical (unpaired) electrons. The van der Waals surface area contributed by atoms with Crippen molar-refractivity contribution in [2.45, 2.75) is 33.4 Å². The highest BCUT2D eigenvalue weighted by Gasteiger charge is 2.32. The summed E-state index contributed by atoms with van der Waals surface area (Å²) < 4.78 is 1.84. The summed E-state index contributed by atoms with van der Waals surface area (Å²) in [5.74, 6) is -0.992. The number of benzene rings is 3. The lowest BCUT2D eigenvalue weighted by Crippen LogP contribution is -2.52. The van der Waals surface area contributed by atoms with Crippen LogP contribution in [0, 0.1) is 5.41 Å². The van der Waals surface area contributed by atoms with E-state index in [2.05, 4.69) is 10.4 Å². The maximum Gasteiger partial charge on any atom is 0.273 e. The molecule has 6 nitrogen and oxygen atoms in total. The lowest BCUT2D eigenvalue weighted by molar-refractivity contribution is -0.122. The molecule has 4 rings (SSSR count). The van der Waals surface area contributed by atoms with E-state index in [1.807, 2.05) is 104 Å². The normalized spacial score (nSPS) is 12.5. The van der Waals surface area contributed by atoms with Crippen LogP contribution >= 0.6 is 0 Å². The Balaban J connectivity index is 1.79. The Hall–Kier alpha value is -3.93. The van der Waals surface area contributed by atoms with E-state index >= 15 is 0 Å². The molecule has 0 aliphatic heterocycles. The van der Waals surface area contributed by atoms with E-state index in [0.717, 1.165) is 27.6 Å². The highest BCUT2D eigenvalue weighted by atomic mass is 16.2. The van der Waals surface area contributed by atoms with Gasteiger partial charge >= 0.3 is 0 Å². The summed E-state index contributed by atoms with van der Waals surface area (Å²) in [5, 5.41) is 8.19. The number of amides is 2. The standard InChI is InChI=1S/C27H28N4O2/c1-27(2,3)24(25(28)32)29-26(33)23-21-15-14-20(19-12-8-5-9-13-19)16-22(21)31(30-23)17-18-10-6-4-7-11-18/h4-16,24H,17H2,1-3H3,(H2,28,32)(H,29,33)/t24-/m1/s1. The van der Waals surface area contributed by atoms with E-state index in [1.54, 1.807) is 0 Å². The Morgan fingerprint density at radius 3 is 2.18 bits per heavy atom. The van der Waals surface area contributed by atoms with E-state index in [4.69, 9.17) is 5.73 Å². The van der Waals surface area contributed by atoms with Crippen molar-refractivity contribution in [1.29, 1.82) is 0 Å². The van der Waals surface area contributed by atoms with Gasteiger partial charge in [0.25, 0.3) is 5.91 Å². The van der Waals surface area contributed by atoms with Crippen molar-refractivity contribution in [3.8, 4) is 11.1 Å². The first-order valence-electron chi connectivity index (χ1n) is 10.9. The molecular weight excluding hydrogens is 412 g/mol. The summed E-state index contributed by atoms with van der Waals surface area (Å²) in [6, 6.07) is 25.2. The van der Waals surface area contributed by atoms with Gasteiger partial charge in [0.15, 0.2) is 5.69 Å². The minimum Gasteiger partial charge on any atom is -0.368 e. The van der Waals surface area contributed by atoms with Crippen LogP contribution in [0.4, 0.5) is 0 Å². The second kappa shape index (κ2) is 8.90. The molecule has 1 heterocycles. The SMILES string of the molecule is CC(C)(C)[C@H](NC(=O)c1nn(Cc2ccccc2)c2cc(-c3ccccc3)ccc12)C(N)=O. The van der Waals surface area contributed by atoms with E-state index < -0.39 is 23.3 Å². The van der Waals surface area contributed by atoms with Crippen LogP contribution in [0.25, 0.3) is 22.0 Å². The van der Waals surface area contributed by atoms with Gasteiger partial charge in [0.1, 0.15) is 6.04 Å². The van der Waals surface area contributed by atoms with Crippen LogP contribution in [0.3, 0.4) is 0 Å². The fraction of sp³-hybridized carbons (Fsp3) is 0.222. The molecule has 0 unspecified atom stereocenters. The van der Waals surface area contributed by atoms with Crippen molar-refractivity contribution < 1.29 is 9.59 Å². The second-order valence-electron chi connectivity index (χ2n) is 9.26. The molecule has 3 aromatic carbocycles. The van der Waals surface area contributed by atoms with Gasteiger partial charge in [-0.2, -0.15) is 5.10 Å². The predicted molar refractivity (Wildman–Crippen MR) is 131 cm³/mol. The number of nitrogens with two attached hydrogens (primary N) is 1. The molecule has 33 heavy (non-hydrogen) atoms. The molecule has 3 N–H and O–H groups in total. The third-order valence-electron chi connectivity index (χ3n) is 5.67. The number of hydrogen-bond acceptors (Lipinski definition) is 3. The van der Waals surface area contributed by atoms with Crippen molar-refractivity contribution >= 4 is 22.7 Å². The lowest BCUT2D eigenvalue weighted by atomic mass is 9.86. The van der Waals surface area contributed by atoms with Crippen molar-refractivity contribution in [2.75, 3.05) is 0 Å². The Morgan fingerprint density at radius 2 is 1.58 bits per heavy atom. The van der Waals surface area contributed by atoms with E-state index in [9.17, 15) is 9.59 Å². The maximum atomic E-state index is 13.2. The fourth-order valence-corrected chi connectivity index (χ4v) is 3.94. The minimum atomic E-state index is -0.817. The molecular formula is C27H28N4O2. The molecule has 2 amide bonds. The summed E-state index contributed by atoms with van der Waals surface area (Å²) in [6.45, 7) is 6.10. The minimum absolute atomic E-state index is 0.274. The molecule has 0 saturated carbocycles. The molecule has 6 heteroatoms. The first-order valence-corrected chi connectivity index (χ1v) is 10.9. The maximum absolute atomic E-state index is 13.2. The first-order chi connectivity index (χ1) is 15.7. The Bertz CT molecular complexity index is 1290. The van der Waals surface area contributed by atoms with E-state index in [-0.39, 0.29) is 5.69 Å². The van der Waals surface area contributed by atoms with Gasteiger partial charge in [-0.3, -0.25) is 14.3 Å². The number of nitrogens with one attached hydrogen (secondary N) is 1. The molecule has 0 fully saturated rings. The van der Waals surface area contributed by atoms with Gasteiger partial charge in [-0.25, -0.2) is 0 Å². The number of hydrogen-bond donors (Lipinski definition) is 2. The first kappa shape index (κ1) is 22.3. The zero-order valence-electron chi connectivity index (χ0n) is 19.1. The molecule has 1 atom stereocenters. The van der Waals surface area contributed by atoms with E-state index in [1.165, 1.54) is 0 Å². The van der Waals surface area contributed by atoms with Gasteiger partial charge in [0.2, 0.25) is 5.91 Å². The number of carbonyl (C=O) groups is 2. The van der Waals surface area contributed by atoms with Gasteiger partial charge in [0.05, 0.1) is 12.1 Å². The number of rotatable bonds is 6. The monoisotopic (exact) mass is 440 g/mol. The van der Waals surface area contributed by atoms with Crippen molar-refractivity contribution in [3.63, 3.8) is 0 Å². The smallest absolute Gasteiger partial charge is 0.273 e. The highest BCUT2D eigenvalue weighted by molar-refractivity contribution is 6.07. The van der Waals surface area contributed by atoms with Crippen LogP contribution in [0.1, 0.15) is 36.8 Å². The average molecular weight is 441 g/mol. The fourth-order valence-electron chi connectivity index (χ4n) is 3.94. The number of primary amides is 1. The number of carbonyl (C=O) groups excluding carboxylic acids is 2. The quantitative estimate of drug-likeness (QED) is 0.466. The van der Waals surface area contributed by atoms with Crippen molar-refractivity contribution in [2.24, 2.45) is 11.1 Å². The Morgan fingerprint density at radius 1 is 0.939 bits per heavy atom. The third kappa shape index (κ3) is 4.80. The molecule has 168 valence electrons. The summed E-state index contributed by atoms with van der Waals surface area (Å²) in [4.78, 5) is 25.3. The van der Waals surface area contributed by atoms with E-state index in [0.29, 0.717) is 6.54 Å². The molecule has 0 bridgehead atoms. The zero-order chi connectivity index (χ0) is 23.6. The zero-order valence-corrected chi connectivity index (χ0v) is 19.1. The van der Waals surface area contributed by atoms with Gasteiger partial charge in [-0.15, -0.1) is 0 Å². The van der Waals surface area contributed by atoms with Crippen LogP contribution in [0.2, 0.25) is 0 Å². The highest BCUT2D eigenvalue weighted by Crippen LogP contribution is 2.28. The molecule has 0 aliphatic rings. The molecule has 0 spiro atoms. The Kier molecular flexibility index (Phi) is 6.01. The largest absolute Gasteiger partial charge is 0.368 e. The third-order valence-corrected chi connectivity index (χ3v) is 5.67. The summed E-state index contributed by atoms with van der Waals surface area (Å²) in [6.07, 6.45) is 0. The van der Waals surface area contributed by atoms with Crippen molar-refractivity contribution in [1.82, 2.24) is 15.1 Å². The van der Waals surface area contributed by atoms with Crippen LogP contribution in [0.15, 0.2) is 78.9 Å². The Labute approximate surface area is 193 Å². The summed E-state index contributed by atoms with van der Waals surface area (Å²) in [7, 11) is 0. The number of fused-ring (bicyclic) bond motifs is 1. The topological polar surface area (TPSA) is 90.0 Å². The molecule has 0 saturated heterocycles. The average Bonchev–Trinajstić information content (AvgIpc) is 3.15. The number of aromatic nitrogens is 2. The summed E-state index contributed by atoms with van der Waals surface area (Å²) in [5.41, 5.74) is 9.36. The molecule has 0 aliphatic carbocycles. The molecule has 1 aromatic heterocycles. The second-order valence-corrected chi connectivity index (χ2v) is 9.26. The summed E-state index contributed by atoms with van der Waals surface area (Å²) >= 11 is 0. The van der Waals surface area contributed by atoms with Gasteiger partial charge in [-0.05, 0) is 34.2 Å². The van der Waals surface area contributed by atoms with Gasteiger partial charge in [-0.1, -0.05) is 87.5 Å². The van der Waals surface area contributed by atoms with Crippen LogP contribution < -0.4 is 11.1 Å². The van der Waals surface area contributed by atoms with Crippen molar-refractivity contribution in [3.05, 3.63) is 90.1 Å².